The van der Waals surface area contributed by atoms with Gasteiger partial charge < -0.3 is 10.2 Å². The number of likely N-dealkylation sites (N-methyl/N-ethyl adjacent to an activating group) is 1. The molecule has 1 atom stereocenters. The highest BCUT2D eigenvalue weighted by Crippen LogP contribution is 2.17. The zero-order valence-electron chi connectivity index (χ0n) is 18.6. The number of carbonyl (C=O) groups is 2. The molecule has 0 aliphatic carbocycles. The van der Waals surface area contributed by atoms with Gasteiger partial charge >= 0.3 is 0 Å². The first-order chi connectivity index (χ1) is 16.1. The Bertz CT molecular complexity index is 1220. The van der Waals surface area contributed by atoms with Crippen molar-refractivity contribution < 1.29 is 9.59 Å². The molecule has 0 aliphatic rings. The highest BCUT2D eigenvalue weighted by Gasteiger charge is 2.22. The highest BCUT2D eigenvalue weighted by molar-refractivity contribution is 6.05. The molecule has 0 bridgehead atoms. The molecule has 4 rings (SSSR count). The van der Waals surface area contributed by atoms with Crippen molar-refractivity contribution in [2.24, 2.45) is 0 Å². The maximum atomic E-state index is 13.1. The molecule has 0 spiro atoms. The molecular formula is C28H27N3O2. The third-order valence-electron chi connectivity index (χ3n) is 5.84. The fourth-order valence-electron chi connectivity index (χ4n) is 4.00. The van der Waals surface area contributed by atoms with E-state index >= 15 is 0 Å². The number of rotatable bonds is 8. The van der Waals surface area contributed by atoms with E-state index in [9.17, 15) is 9.59 Å². The highest BCUT2D eigenvalue weighted by atomic mass is 16.2. The zero-order chi connectivity index (χ0) is 23.0. The lowest BCUT2D eigenvalue weighted by Gasteiger charge is -2.29. The minimum absolute atomic E-state index is 0.0267. The summed E-state index contributed by atoms with van der Waals surface area (Å²) in [5, 5.41) is 3.95. The van der Waals surface area contributed by atoms with Crippen LogP contribution in [-0.2, 0) is 6.42 Å². The Hall–Kier alpha value is -3.99. The molecule has 0 fully saturated rings. The topological polar surface area (TPSA) is 62.3 Å². The maximum Gasteiger partial charge on any atom is 0.253 e. The zero-order valence-corrected chi connectivity index (χ0v) is 18.6. The van der Waals surface area contributed by atoms with Gasteiger partial charge in [0.05, 0.1) is 11.1 Å². The minimum atomic E-state index is -0.158. The molecule has 1 aromatic heterocycles. The number of hydrogen-bond donors (Lipinski definition) is 1. The predicted molar refractivity (Wildman–Crippen MR) is 131 cm³/mol. The van der Waals surface area contributed by atoms with Crippen molar-refractivity contribution in [3.8, 4) is 0 Å². The van der Waals surface area contributed by atoms with Crippen LogP contribution in [0, 0.1) is 0 Å². The second kappa shape index (κ2) is 10.6. The molecule has 2 amide bonds. The van der Waals surface area contributed by atoms with Crippen LogP contribution < -0.4 is 5.32 Å². The van der Waals surface area contributed by atoms with Crippen LogP contribution in [0.3, 0.4) is 0 Å². The summed E-state index contributed by atoms with van der Waals surface area (Å²) in [6.07, 6.45) is 3.04. The first kappa shape index (κ1) is 22.2. The van der Waals surface area contributed by atoms with E-state index in [4.69, 9.17) is 0 Å². The van der Waals surface area contributed by atoms with Crippen LogP contribution in [0.1, 0.15) is 32.7 Å². The second-order valence-electron chi connectivity index (χ2n) is 8.05. The lowest BCUT2D eigenvalue weighted by molar-refractivity contribution is 0.0723. The van der Waals surface area contributed by atoms with E-state index in [1.807, 2.05) is 79.8 Å². The van der Waals surface area contributed by atoms with Gasteiger partial charge in [-0.3, -0.25) is 14.6 Å². The van der Waals surface area contributed by atoms with Crippen molar-refractivity contribution in [2.45, 2.75) is 18.9 Å². The average Bonchev–Trinajstić information content (AvgIpc) is 2.88. The third kappa shape index (κ3) is 5.44. The van der Waals surface area contributed by atoms with Crippen LogP contribution in [0.2, 0.25) is 0 Å². The van der Waals surface area contributed by atoms with Gasteiger partial charge in [-0.05, 0) is 42.7 Å². The number of fused-ring (bicyclic) bond motifs is 1. The van der Waals surface area contributed by atoms with Crippen LogP contribution in [0.4, 0.5) is 0 Å². The molecule has 0 radical (unpaired) electrons. The van der Waals surface area contributed by atoms with Crippen molar-refractivity contribution in [3.63, 3.8) is 0 Å². The molecule has 3 aromatic carbocycles. The van der Waals surface area contributed by atoms with Crippen molar-refractivity contribution in [1.29, 1.82) is 0 Å². The molecule has 5 nitrogen and oxygen atoms in total. The number of carbonyl (C=O) groups excluding carboxylic acids is 2. The Labute approximate surface area is 194 Å². The summed E-state index contributed by atoms with van der Waals surface area (Å²) in [5.41, 5.74) is 3.06. The minimum Gasteiger partial charge on any atom is -0.352 e. The number of para-hydroxylation sites is 1. The standard InChI is InChI=1S/C28H27N3O2/c1-31(28(33)23-12-6-3-7-13-23)24(20-21-10-4-2-5-11-21)17-19-30-27(32)25-16-8-14-22-15-9-18-29-26(22)25/h2-16,18,24H,17,19-20H2,1H3,(H,30,32)/t24-/m1/s1. The average molecular weight is 438 g/mol. The maximum absolute atomic E-state index is 13.1. The Morgan fingerprint density at radius 3 is 2.33 bits per heavy atom. The quantitative estimate of drug-likeness (QED) is 0.433. The number of pyridine rings is 1. The largest absolute Gasteiger partial charge is 0.352 e. The molecule has 0 saturated heterocycles. The molecule has 0 unspecified atom stereocenters. The second-order valence-corrected chi connectivity index (χ2v) is 8.05. The number of hydrogen-bond acceptors (Lipinski definition) is 3. The summed E-state index contributed by atoms with van der Waals surface area (Å²) in [5.74, 6) is -0.184. The summed E-state index contributed by atoms with van der Waals surface area (Å²) in [7, 11) is 1.83. The molecular weight excluding hydrogens is 410 g/mol. The SMILES string of the molecule is CN(C(=O)c1ccccc1)[C@H](CCNC(=O)c1cccc2cccnc12)Cc1ccccc1. The molecule has 0 saturated carbocycles. The van der Waals surface area contributed by atoms with Crippen LogP contribution in [0.15, 0.2) is 97.2 Å². The summed E-state index contributed by atoms with van der Waals surface area (Å²) in [4.78, 5) is 32.1. The lowest BCUT2D eigenvalue weighted by Crippen LogP contribution is -2.41. The van der Waals surface area contributed by atoms with E-state index in [0.29, 0.717) is 36.0 Å². The first-order valence-corrected chi connectivity index (χ1v) is 11.1. The van der Waals surface area contributed by atoms with Gasteiger partial charge in [0, 0.05) is 36.8 Å². The molecule has 1 N–H and O–H groups in total. The first-order valence-electron chi connectivity index (χ1n) is 11.1. The van der Waals surface area contributed by atoms with Crippen LogP contribution in [0.5, 0.6) is 0 Å². The predicted octanol–water partition coefficient (Wildman–Crippen LogP) is 4.74. The van der Waals surface area contributed by atoms with Crippen molar-refractivity contribution in [1.82, 2.24) is 15.2 Å². The van der Waals surface area contributed by atoms with Crippen molar-refractivity contribution in [2.75, 3.05) is 13.6 Å². The summed E-state index contributed by atoms with van der Waals surface area (Å²) in [6, 6.07) is 28.7. The summed E-state index contributed by atoms with van der Waals surface area (Å²) < 4.78 is 0. The molecule has 4 aromatic rings. The fourth-order valence-corrected chi connectivity index (χ4v) is 4.00. The Balaban J connectivity index is 1.46. The fraction of sp³-hybridized carbons (Fsp3) is 0.179. The van der Waals surface area contributed by atoms with Gasteiger partial charge in [-0.2, -0.15) is 0 Å². The Kier molecular flexibility index (Phi) is 7.10. The number of nitrogens with one attached hydrogen (secondary N) is 1. The van der Waals surface area contributed by atoms with E-state index < -0.39 is 0 Å². The van der Waals surface area contributed by atoms with E-state index in [0.717, 1.165) is 10.9 Å². The van der Waals surface area contributed by atoms with Crippen LogP contribution in [0.25, 0.3) is 10.9 Å². The van der Waals surface area contributed by atoms with Crippen molar-refractivity contribution >= 4 is 22.7 Å². The number of aromatic nitrogens is 1. The Morgan fingerprint density at radius 1 is 0.879 bits per heavy atom. The van der Waals surface area contributed by atoms with Gasteiger partial charge in [0.2, 0.25) is 0 Å². The number of benzene rings is 3. The van der Waals surface area contributed by atoms with E-state index in [2.05, 4.69) is 22.4 Å². The summed E-state index contributed by atoms with van der Waals surface area (Å²) in [6.45, 7) is 0.450. The molecule has 166 valence electrons. The smallest absolute Gasteiger partial charge is 0.253 e. The van der Waals surface area contributed by atoms with Gasteiger partial charge in [0.1, 0.15) is 0 Å². The normalized spacial score (nSPS) is 11.7. The van der Waals surface area contributed by atoms with Gasteiger partial charge in [-0.25, -0.2) is 0 Å². The van der Waals surface area contributed by atoms with E-state index in [-0.39, 0.29) is 17.9 Å². The third-order valence-corrected chi connectivity index (χ3v) is 5.84. The van der Waals surface area contributed by atoms with Gasteiger partial charge in [-0.15, -0.1) is 0 Å². The molecule has 5 heteroatoms. The lowest BCUT2D eigenvalue weighted by atomic mass is 10.0. The molecule has 1 heterocycles. The molecule has 33 heavy (non-hydrogen) atoms. The molecule has 0 aliphatic heterocycles. The van der Waals surface area contributed by atoms with E-state index in [1.165, 1.54) is 0 Å². The van der Waals surface area contributed by atoms with Gasteiger partial charge in [-0.1, -0.05) is 66.7 Å². The van der Waals surface area contributed by atoms with Crippen LogP contribution >= 0.6 is 0 Å². The van der Waals surface area contributed by atoms with Gasteiger partial charge in [0.15, 0.2) is 0 Å². The van der Waals surface area contributed by atoms with Crippen molar-refractivity contribution in [3.05, 3.63) is 114 Å². The monoisotopic (exact) mass is 437 g/mol. The Morgan fingerprint density at radius 2 is 1.58 bits per heavy atom. The number of nitrogens with zero attached hydrogens (tertiary/aromatic N) is 2. The number of amides is 2. The van der Waals surface area contributed by atoms with Crippen LogP contribution in [-0.4, -0.2) is 41.3 Å². The van der Waals surface area contributed by atoms with E-state index in [1.54, 1.807) is 17.2 Å². The van der Waals surface area contributed by atoms with Gasteiger partial charge in [0.25, 0.3) is 11.8 Å². The summed E-state index contributed by atoms with van der Waals surface area (Å²) >= 11 is 0.